The first-order valence-corrected chi connectivity index (χ1v) is 11.3. The van der Waals surface area contributed by atoms with Crippen LogP contribution in [0, 0.1) is 0 Å². The maximum Gasteiger partial charge on any atom is 0.407 e. The topological polar surface area (TPSA) is 117 Å². The molecule has 2 amide bonds. The molecular weight excluding hydrogens is 438 g/mol. The molecule has 0 spiro atoms. The quantitative estimate of drug-likeness (QED) is 0.542. The standard InChI is InChI=1S/C25H29N3O6/c1-28(2)13-21(23(29)26-20-11-12-33-22(20)24(30)31)27-25(32)34-14-19-17-9-5-3-7-15(17)16-8-4-6-10-18(16)19/h3-10,19-22H,11-14H2,1-2H3,(H,26,29)(H,27,32)(H,30,31)/t20-,21?,22+/m1/s1. The van der Waals surface area contributed by atoms with Gasteiger partial charge in [0.05, 0.1) is 6.04 Å². The number of carbonyl (C=O) groups is 3. The Hall–Kier alpha value is -3.43. The predicted octanol–water partition coefficient (Wildman–Crippen LogP) is 1.81. The smallest absolute Gasteiger partial charge is 0.407 e. The van der Waals surface area contributed by atoms with E-state index in [1.165, 1.54) is 0 Å². The number of likely N-dealkylation sites (N-methyl/N-ethyl adjacent to an activating group) is 1. The minimum absolute atomic E-state index is 0.0914. The Morgan fingerprint density at radius 1 is 1.09 bits per heavy atom. The van der Waals surface area contributed by atoms with Gasteiger partial charge in [-0.25, -0.2) is 9.59 Å². The summed E-state index contributed by atoms with van der Waals surface area (Å²) < 4.78 is 10.7. The zero-order valence-electron chi connectivity index (χ0n) is 19.2. The highest BCUT2D eigenvalue weighted by atomic mass is 16.5. The number of rotatable bonds is 8. The number of amides is 2. The van der Waals surface area contributed by atoms with Crippen LogP contribution >= 0.6 is 0 Å². The van der Waals surface area contributed by atoms with Gasteiger partial charge in [-0.05, 0) is 42.8 Å². The lowest BCUT2D eigenvalue weighted by atomic mass is 9.98. The van der Waals surface area contributed by atoms with Gasteiger partial charge in [-0.2, -0.15) is 0 Å². The fourth-order valence-corrected chi connectivity index (χ4v) is 4.61. The molecule has 0 radical (unpaired) electrons. The second-order valence-electron chi connectivity index (χ2n) is 8.82. The van der Waals surface area contributed by atoms with Crippen LogP contribution in [0.5, 0.6) is 0 Å². The zero-order chi connectivity index (χ0) is 24.2. The SMILES string of the molecule is CN(C)CC(NC(=O)OCC1c2ccccc2-c2ccccc21)C(=O)N[C@@H]1CCO[C@@H]1C(=O)O. The van der Waals surface area contributed by atoms with Gasteiger partial charge in [-0.15, -0.1) is 0 Å². The van der Waals surface area contributed by atoms with E-state index < -0.39 is 36.2 Å². The van der Waals surface area contributed by atoms with Crippen LogP contribution in [0.1, 0.15) is 23.5 Å². The maximum absolute atomic E-state index is 12.9. The predicted molar refractivity (Wildman–Crippen MR) is 124 cm³/mol. The maximum atomic E-state index is 12.9. The third kappa shape index (κ3) is 5.05. The highest BCUT2D eigenvalue weighted by Gasteiger charge is 2.37. The third-order valence-corrected chi connectivity index (χ3v) is 6.16. The summed E-state index contributed by atoms with van der Waals surface area (Å²) in [5.74, 6) is -1.70. The van der Waals surface area contributed by atoms with Crippen LogP contribution in [0.3, 0.4) is 0 Å². The van der Waals surface area contributed by atoms with Crippen LogP contribution in [0.25, 0.3) is 11.1 Å². The van der Waals surface area contributed by atoms with Gasteiger partial charge >= 0.3 is 12.1 Å². The van der Waals surface area contributed by atoms with Crippen molar-refractivity contribution in [2.75, 3.05) is 33.9 Å². The van der Waals surface area contributed by atoms with E-state index >= 15 is 0 Å². The normalized spacial score (nSPS) is 19.9. The summed E-state index contributed by atoms with van der Waals surface area (Å²) in [7, 11) is 3.55. The molecule has 180 valence electrons. The molecule has 2 aromatic rings. The van der Waals surface area contributed by atoms with Crippen molar-refractivity contribution < 1.29 is 29.0 Å². The van der Waals surface area contributed by atoms with E-state index in [1.54, 1.807) is 19.0 Å². The van der Waals surface area contributed by atoms with Crippen molar-refractivity contribution in [2.24, 2.45) is 0 Å². The van der Waals surface area contributed by atoms with Gasteiger partial charge in [-0.3, -0.25) is 4.79 Å². The second kappa shape index (κ2) is 10.2. The van der Waals surface area contributed by atoms with Gasteiger partial charge in [0.1, 0.15) is 12.6 Å². The average molecular weight is 468 g/mol. The molecule has 1 unspecified atom stereocenters. The number of alkyl carbamates (subject to hydrolysis) is 1. The molecule has 4 rings (SSSR count). The van der Waals surface area contributed by atoms with Crippen LogP contribution in [-0.4, -0.2) is 80.0 Å². The van der Waals surface area contributed by atoms with Gasteiger partial charge in [-0.1, -0.05) is 48.5 Å². The second-order valence-corrected chi connectivity index (χ2v) is 8.82. The number of aliphatic carboxylic acids is 1. The molecule has 0 bridgehead atoms. The highest BCUT2D eigenvalue weighted by Crippen LogP contribution is 2.44. The van der Waals surface area contributed by atoms with E-state index in [4.69, 9.17) is 9.47 Å². The first-order chi connectivity index (χ1) is 16.3. The summed E-state index contributed by atoms with van der Waals surface area (Å²) in [6.07, 6.45) is -1.41. The van der Waals surface area contributed by atoms with E-state index in [0.29, 0.717) is 6.42 Å². The van der Waals surface area contributed by atoms with Crippen molar-refractivity contribution in [3.05, 3.63) is 59.7 Å². The molecule has 1 saturated heterocycles. The van der Waals surface area contributed by atoms with Crippen LogP contribution in [0.2, 0.25) is 0 Å². The number of hydrogen-bond acceptors (Lipinski definition) is 6. The van der Waals surface area contributed by atoms with Crippen LogP contribution < -0.4 is 10.6 Å². The first kappa shape index (κ1) is 23.7. The number of benzene rings is 2. The fourth-order valence-electron chi connectivity index (χ4n) is 4.61. The average Bonchev–Trinajstić information content (AvgIpc) is 3.39. The Balaban J connectivity index is 1.40. The molecule has 1 aliphatic carbocycles. The van der Waals surface area contributed by atoms with E-state index in [0.717, 1.165) is 22.3 Å². The molecule has 0 saturated carbocycles. The molecule has 3 atom stereocenters. The van der Waals surface area contributed by atoms with Crippen LogP contribution in [-0.2, 0) is 19.1 Å². The minimum atomic E-state index is -1.13. The van der Waals surface area contributed by atoms with Crippen LogP contribution in [0.15, 0.2) is 48.5 Å². The van der Waals surface area contributed by atoms with E-state index in [-0.39, 0.29) is 25.7 Å². The summed E-state index contributed by atoms with van der Waals surface area (Å²) >= 11 is 0. The van der Waals surface area contributed by atoms with Crippen molar-refractivity contribution in [3.8, 4) is 11.1 Å². The first-order valence-electron chi connectivity index (χ1n) is 11.3. The van der Waals surface area contributed by atoms with Crippen molar-refractivity contribution in [1.29, 1.82) is 0 Å². The van der Waals surface area contributed by atoms with Crippen molar-refractivity contribution >= 4 is 18.0 Å². The number of hydrogen-bond donors (Lipinski definition) is 3. The molecule has 2 aromatic carbocycles. The molecule has 1 fully saturated rings. The fraction of sp³-hybridized carbons (Fsp3) is 0.400. The number of carbonyl (C=O) groups excluding carboxylic acids is 2. The van der Waals surface area contributed by atoms with Gasteiger partial charge in [0.25, 0.3) is 0 Å². The monoisotopic (exact) mass is 467 g/mol. The molecular formula is C25H29N3O6. The number of nitrogens with zero attached hydrogens (tertiary/aromatic N) is 1. The Kier molecular flexibility index (Phi) is 7.14. The van der Waals surface area contributed by atoms with E-state index in [2.05, 4.69) is 22.8 Å². The number of ether oxygens (including phenoxy) is 2. The van der Waals surface area contributed by atoms with Crippen molar-refractivity contribution in [1.82, 2.24) is 15.5 Å². The lowest BCUT2D eigenvalue weighted by molar-refractivity contribution is -0.148. The minimum Gasteiger partial charge on any atom is -0.479 e. The van der Waals surface area contributed by atoms with Crippen molar-refractivity contribution in [3.63, 3.8) is 0 Å². The highest BCUT2D eigenvalue weighted by molar-refractivity contribution is 5.87. The molecule has 1 aliphatic heterocycles. The Morgan fingerprint density at radius 2 is 1.71 bits per heavy atom. The van der Waals surface area contributed by atoms with Gasteiger partial charge < -0.3 is 30.1 Å². The van der Waals surface area contributed by atoms with Crippen molar-refractivity contribution in [2.45, 2.75) is 30.5 Å². The molecule has 1 heterocycles. The molecule has 0 aromatic heterocycles. The number of carboxylic acid groups (broad SMARTS) is 1. The Morgan fingerprint density at radius 3 is 2.29 bits per heavy atom. The summed E-state index contributed by atoms with van der Waals surface area (Å²) in [5.41, 5.74) is 4.45. The Labute approximate surface area is 198 Å². The lowest BCUT2D eigenvalue weighted by Gasteiger charge is -2.24. The molecule has 9 nitrogen and oxygen atoms in total. The largest absolute Gasteiger partial charge is 0.479 e. The van der Waals surface area contributed by atoms with E-state index in [9.17, 15) is 19.5 Å². The lowest BCUT2D eigenvalue weighted by Crippen LogP contribution is -2.55. The van der Waals surface area contributed by atoms with Gasteiger partial charge in [0.15, 0.2) is 6.10 Å². The molecule has 2 aliphatic rings. The zero-order valence-corrected chi connectivity index (χ0v) is 19.2. The Bertz CT molecular complexity index is 1030. The summed E-state index contributed by atoms with van der Waals surface area (Å²) in [5, 5.41) is 14.6. The number of fused-ring (bicyclic) bond motifs is 3. The number of carboxylic acids is 1. The third-order valence-electron chi connectivity index (χ3n) is 6.16. The number of nitrogens with one attached hydrogen (secondary N) is 2. The van der Waals surface area contributed by atoms with Gasteiger partial charge in [0, 0.05) is 19.1 Å². The summed E-state index contributed by atoms with van der Waals surface area (Å²) in [4.78, 5) is 38.6. The molecule has 9 heteroatoms. The molecule has 34 heavy (non-hydrogen) atoms. The summed E-state index contributed by atoms with van der Waals surface area (Å²) in [6.45, 7) is 0.606. The van der Waals surface area contributed by atoms with Crippen LogP contribution in [0.4, 0.5) is 4.79 Å². The summed E-state index contributed by atoms with van der Waals surface area (Å²) in [6, 6.07) is 14.5. The molecule has 3 N–H and O–H groups in total. The van der Waals surface area contributed by atoms with Gasteiger partial charge in [0.2, 0.25) is 5.91 Å². The van der Waals surface area contributed by atoms with E-state index in [1.807, 2.05) is 36.4 Å².